The number of rotatable bonds is 8. The molecule has 2 heterocycles. The fourth-order valence-corrected chi connectivity index (χ4v) is 5.57. The van der Waals surface area contributed by atoms with Crippen molar-refractivity contribution in [3.63, 3.8) is 0 Å². The highest BCUT2D eigenvalue weighted by molar-refractivity contribution is 7.94. The number of esters is 1. The molecule has 0 unspecified atom stereocenters. The molecule has 0 aliphatic rings. The Hall–Kier alpha value is -4.16. The minimum Gasteiger partial charge on any atom is -0.449 e. The van der Waals surface area contributed by atoms with Gasteiger partial charge in [-0.15, -0.1) is 11.3 Å². The molecule has 0 aliphatic heterocycles. The lowest BCUT2D eigenvalue weighted by atomic mass is 10.2. The third-order valence-corrected chi connectivity index (χ3v) is 8.37. The molecule has 1 amide bonds. The topological polar surface area (TPSA) is 128 Å². The third kappa shape index (κ3) is 5.49. The summed E-state index contributed by atoms with van der Waals surface area (Å²) in [6, 6.07) is 17.7. The molecule has 2 N–H and O–H groups in total. The van der Waals surface area contributed by atoms with E-state index in [1.807, 2.05) is 6.07 Å². The first-order valence-corrected chi connectivity index (χ1v) is 13.5. The molecule has 37 heavy (non-hydrogen) atoms. The summed E-state index contributed by atoms with van der Waals surface area (Å²) in [4.78, 5) is 38.3. The van der Waals surface area contributed by atoms with Gasteiger partial charge < -0.3 is 10.1 Å². The van der Waals surface area contributed by atoms with Crippen molar-refractivity contribution in [2.24, 2.45) is 7.05 Å². The van der Waals surface area contributed by atoms with E-state index in [2.05, 4.69) is 10.0 Å². The molecule has 10 nitrogen and oxygen atoms in total. The summed E-state index contributed by atoms with van der Waals surface area (Å²) in [6.45, 7) is 3.09. The third-order valence-electron chi connectivity index (χ3n) is 5.59. The van der Waals surface area contributed by atoms with Gasteiger partial charge in [0.25, 0.3) is 21.5 Å². The van der Waals surface area contributed by atoms with Crippen molar-refractivity contribution in [3.8, 4) is 5.69 Å². The maximum absolute atomic E-state index is 13.0. The molecule has 1 atom stereocenters. The van der Waals surface area contributed by atoms with Gasteiger partial charge in [-0.05, 0) is 61.7 Å². The van der Waals surface area contributed by atoms with E-state index in [0.717, 1.165) is 11.3 Å². The number of nitrogens with zero attached hydrogens (tertiary/aromatic N) is 2. The fourth-order valence-electron chi connectivity index (χ4n) is 3.52. The summed E-state index contributed by atoms with van der Waals surface area (Å²) in [5.74, 6) is -1.44. The van der Waals surface area contributed by atoms with Crippen LogP contribution in [0.15, 0.2) is 81.1 Å². The zero-order chi connectivity index (χ0) is 26.7. The van der Waals surface area contributed by atoms with Gasteiger partial charge in [-0.25, -0.2) is 17.9 Å². The summed E-state index contributed by atoms with van der Waals surface area (Å²) >= 11 is 1.09. The normalized spacial score (nSPS) is 12.1. The van der Waals surface area contributed by atoms with E-state index in [-0.39, 0.29) is 21.1 Å². The quantitative estimate of drug-likeness (QED) is 0.329. The van der Waals surface area contributed by atoms with Gasteiger partial charge in [0.05, 0.1) is 16.9 Å². The second-order valence-corrected chi connectivity index (χ2v) is 10.9. The highest BCUT2D eigenvalue weighted by Crippen LogP contribution is 2.21. The Balaban J connectivity index is 1.42. The second-order valence-electron chi connectivity index (χ2n) is 8.09. The van der Waals surface area contributed by atoms with Crippen molar-refractivity contribution < 1.29 is 22.7 Å². The van der Waals surface area contributed by atoms with Crippen LogP contribution in [0.4, 0.5) is 11.4 Å². The largest absolute Gasteiger partial charge is 0.449 e. The lowest BCUT2D eigenvalue weighted by Crippen LogP contribution is -2.32. The number of para-hydroxylation sites is 1. The van der Waals surface area contributed by atoms with Gasteiger partial charge in [0.2, 0.25) is 0 Å². The zero-order valence-corrected chi connectivity index (χ0v) is 21.8. The molecule has 0 spiro atoms. The fraction of sp³-hybridized carbons (Fsp3) is 0.160. The van der Waals surface area contributed by atoms with E-state index in [9.17, 15) is 22.8 Å². The predicted octanol–water partition coefficient (Wildman–Crippen LogP) is 3.53. The van der Waals surface area contributed by atoms with Crippen molar-refractivity contribution in [2.75, 3.05) is 10.0 Å². The molecule has 4 aromatic rings. The predicted molar refractivity (Wildman–Crippen MR) is 141 cm³/mol. The van der Waals surface area contributed by atoms with Gasteiger partial charge >= 0.3 is 5.97 Å². The van der Waals surface area contributed by atoms with Gasteiger partial charge in [-0.1, -0.05) is 24.3 Å². The van der Waals surface area contributed by atoms with Gasteiger partial charge in [0.1, 0.15) is 9.90 Å². The number of sulfonamides is 1. The van der Waals surface area contributed by atoms with E-state index in [0.29, 0.717) is 11.4 Å². The average molecular weight is 541 g/mol. The molecule has 0 radical (unpaired) electrons. The van der Waals surface area contributed by atoms with Gasteiger partial charge in [-0.2, -0.15) is 0 Å². The summed E-state index contributed by atoms with van der Waals surface area (Å²) in [7, 11) is -2.02. The van der Waals surface area contributed by atoms with E-state index >= 15 is 0 Å². The lowest BCUT2D eigenvalue weighted by Gasteiger charge is -2.13. The minimum atomic E-state index is -3.72. The van der Waals surface area contributed by atoms with E-state index in [4.69, 9.17) is 4.74 Å². The SMILES string of the molecule is Cc1c(NC(=O)[C@H](C)OC(=O)c2ccc(NS(=O)(=O)c3cccs3)cc2)c(=O)n(-c2ccccc2)n1C. The first-order valence-electron chi connectivity index (χ1n) is 11.1. The Labute approximate surface area is 217 Å². The van der Waals surface area contributed by atoms with Gasteiger partial charge in [0, 0.05) is 12.7 Å². The Morgan fingerprint density at radius 3 is 2.30 bits per heavy atom. The van der Waals surface area contributed by atoms with Crippen molar-refractivity contribution in [1.82, 2.24) is 9.36 Å². The summed E-state index contributed by atoms with van der Waals surface area (Å²) in [5.41, 5.74) is 1.23. The van der Waals surface area contributed by atoms with Crippen molar-refractivity contribution in [1.29, 1.82) is 0 Å². The standard InChI is InChI=1S/C25H24N4O6S2/c1-16-22(24(31)29(28(16)3)20-8-5-4-6-9-20)26-23(30)17(2)35-25(32)18-11-13-19(14-12-18)27-37(33,34)21-10-7-15-36-21/h4-15,17,27H,1-3H3,(H,26,30)/t17-/m0/s1. The summed E-state index contributed by atoms with van der Waals surface area (Å²) < 4.78 is 35.6. The van der Waals surface area contributed by atoms with Crippen LogP contribution >= 0.6 is 11.3 Å². The molecule has 12 heteroatoms. The monoisotopic (exact) mass is 540 g/mol. The van der Waals surface area contributed by atoms with Gasteiger partial charge in [-0.3, -0.25) is 19.0 Å². The molecule has 192 valence electrons. The maximum atomic E-state index is 13.0. The van der Waals surface area contributed by atoms with Gasteiger partial charge in [0.15, 0.2) is 6.10 Å². The molecule has 0 aliphatic carbocycles. The number of aromatic nitrogens is 2. The Kier molecular flexibility index (Phi) is 7.32. The summed E-state index contributed by atoms with van der Waals surface area (Å²) in [5, 5.41) is 4.22. The Bertz CT molecular complexity index is 1590. The number of thiophene rings is 1. The minimum absolute atomic E-state index is 0.0848. The highest BCUT2D eigenvalue weighted by atomic mass is 32.2. The van der Waals surface area contributed by atoms with Crippen molar-refractivity contribution in [3.05, 3.63) is 93.7 Å². The number of hydrogen-bond donors (Lipinski definition) is 2. The number of benzene rings is 2. The number of nitrogens with one attached hydrogen (secondary N) is 2. The van der Waals surface area contributed by atoms with Crippen LogP contribution in [0.2, 0.25) is 0 Å². The van der Waals surface area contributed by atoms with Crippen LogP contribution in [-0.2, 0) is 26.6 Å². The van der Waals surface area contributed by atoms with E-state index in [1.165, 1.54) is 41.9 Å². The Morgan fingerprint density at radius 1 is 1.00 bits per heavy atom. The van der Waals surface area contributed by atoms with Crippen LogP contribution in [0.3, 0.4) is 0 Å². The van der Waals surface area contributed by atoms with Crippen LogP contribution in [-0.4, -0.2) is 35.8 Å². The maximum Gasteiger partial charge on any atom is 0.338 e. The zero-order valence-electron chi connectivity index (χ0n) is 20.2. The molecular formula is C25H24N4O6S2. The number of ether oxygens (including phenoxy) is 1. The number of amides is 1. The molecule has 0 saturated heterocycles. The first-order chi connectivity index (χ1) is 17.6. The van der Waals surface area contributed by atoms with Crippen molar-refractivity contribution >= 4 is 44.6 Å². The second kappa shape index (κ2) is 10.4. The highest BCUT2D eigenvalue weighted by Gasteiger charge is 2.24. The number of carbonyl (C=O) groups excluding carboxylic acids is 2. The molecule has 0 fully saturated rings. The molecule has 0 bridgehead atoms. The number of hydrogen-bond acceptors (Lipinski definition) is 7. The molecular weight excluding hydrogens is 516 g/mol. The molecule has 2 aromatic carbocycles. The van der Waals surface area contributed by atoms with Crippen LogP contribution in [0.5, 0.6) is 0 Å². The summed E-state index contributed by atoms with van der Waals surface area (Å²) in [6.07, 6.45) is -1.20. The smallest absolute Gasteiger partial charge is 0.338 e. The van der Waals surface area contributed by atoms with Crippen LogP contribution in [0.25, 0.3) is 5.69 Å². The van der Waals surface area contributed by atoms with Crippen LogP contribution < -0.4 is 15.6 Å². The van der Waals surface area contributed by atoms with E-state index in [1.54, 1.807) is 54.4 Å². The lowest BCUT2D eigenvalue weighted by molar-refractivity contribution is -0.123. The van der Waals surface area contributed by atoms with E-state index < -0.39 is 33.6 Å². The van der Waals surface area contributed by atoms with Crippen LogP contribution in [0, 0.1) is 6.92 Å². The first kappa shape index (κ1) is 25.9. The molecule has 0 saturated carbocycles. The van der Waals surface area contributed by atoms with Crippen molar-refractivity contribution in [2.45, 2.75) is 24.2 Å². The molecule has 2 aromatic heterocycles. The Morgan fingerprint density at radius 2 is 1.68 bits per heavy atom. The number of carbonyl (C=O) groups is 2. The average Bonchev–Trinajstić information content (AvgIpc) is 3.49. The molecule has 4 rings (SSSR count). The van der Waals surface area contributed by atoms with Crippen LogP contribution in [0.1, 0.15) is 23.0 Å². The number of anilines is 2.